The third kappa shape index (κ3) is 3.31. The molecular formula is C16H13O3. The maximum Gasteiger partial charge on any atom is 0.330 e. The molecule has 1 aromatic carbocycles. The Balaban J connectivity index is 2.22. The van der Waals surface area contributed by atoms with E-state index in [4.69, 9.17) is 0 Å². The van der Waals surface area contributed by atoms with Crippen LogP contribution in [0.25, 0.3) is 6.08 Å². The highest BCUT2D eigenvalue weighted by atomic mass is 16.5. The number of carbonyl (C=O) groups excluding carboxylic acids is 2. The molecule has 3 heteroatoms. The largest absolute Gasteiger partial charge is 0.466 e. The number of esters is 1. The van der Waals surface area contributed by atoms with Crippen LogP contribution in [0.5, 0.6) is 0 Å². The van der Waals surface area contributed by atoms with Crippen molar-refractivity contribution in [2.45, 2.75) is 0 Å². The summed E-state index contributed by atoms with van der Waals surface area (Å²) in [5, 5.41) is 0. The minimum Gasteiger partial charge on any atom is -0.466 e. The lowest BCUT2D eigenvalue weighted by Crippen LogP contribution is -2.11. The number of methoxy groups -OCH3 is 1. The van der Waals surface area contributed by atoms with E-state index in [0.717, 1.165) is 0 Å². The summed E-state index contributed by atoms with van der Waals surface area (Å²) in [6, 6.07) is 7.15. The molecule has 3 nitrogen and oxygen atoms in total. The van der Waals surface area contributed by atoms with Gasteiger partial charge in [0.25, 0.3) is 0 Å². The molecule has 2 rings (SSSR count). The molecule has 95 valence electrons. The normalized spacial score (nSPS) is 15.8. The quantitative estimate of drug-likeness (QED) is 0.470. The van der Waals surface area contributed by atoms with Crippen LogP contribution in [0, 0.1) is 31.6 Å². The topological polar surface area (TPSA) is 43.4 Å². The average Bonchev–Trinajstić information content (AvgIpc) is 2.98. The van der Waals surface area contributed by atoms with Gasteiger partial charge >= 0.3 is 5.97 Å². The van der Waals surface area contributed by atoms with Gasteiger partial charge in [0.05, 0.1) is 13.0 Å². The van der Waals surface area contributed by atoms with E-state index in [9.17, 15) is 9.59 Å². The van der Waals surface area contributed by atoms with Crippen molar-refractivity contribution in [3.8, 4) is 0 Å². The minimum atomic E-state index is -0.449. The van der Waals surface area contributed by atoms with Crippen LogP contribution in [0.1, 0.15) is 15.9 Å². The molecule has 1 aliphatic carbocycles. The third-order valence-electron chi connectivity index (χ3n) is 2.73. The molecule has 0 amide bonds. The van der Waals surface area contributed by atoms with Gasteiger partial charge in [0.2, 0.25) is 0 Å². The Kier molecular flexibility index (Phi) is 4.50. The summed E-state index contributed by atoms with van der Waals surface area (Å²) in [6.07, 6.45) is 10.1. The molecule has 1 aromatic rings. The zero-order valence-corrected chi connectivity index (χ0v) is 10.5. The van der Waals surface area contributed by atoms with Crippen LogP contribution in [0.15, 0.2) is 30.3 Å². The Morgan fingerprint density at radius 1 is 1.11 bits per heavy atom. The summed E-state index contributed by atoms with van der Waals surface area (Å²) in [6.45, 7) is 0. The van der Waals surface area contributed by atoms with Gasteiger partial charge in [-0.2, -0.15) is 0 Å². The van der Waals surface area contributed by atoms with Crippen molar-refractivity contribution in [1.82, 2.24) is 0 Å². The zero-order chi connectivity index (χ0) is 13.7. The number of Topliss-reactive ketones (excluding diaryl/α,β-unsaturated/α-hetero) is 1. The van der Waals surface area contributed by atoms with Gasteiger partial charge in [-0.15, -0.1) is 0 Å². The highest BCUT2D eigenvalue weighted by Crippen LogP contribution is 2.28. The van der Waals surface area contributed by atoms with Gasteiger partial charge in [0, 0.05) is 11.6 Å². The SMILES string of the molecule is COC(=O)/C=C/c1ccccc1C(=O)[C]1[CH][CH][CH][CH]1. The van der Waals surface area contributed by atoms with E-state index in [-0.39, 0.29) is 5.78 Å². The molecule has 1 fully saturated rings. The summed E-state index contributed by atoms with van der Waals surface area (Å²) >= 11 is 0. The van der Waals surface area contributed by atoms with Crippen LogP contribution in [-0.2, 0) is 9.53 Å². The van der Waals surface area contributed by atoms with Crippen LogP contribution >= 0.6 is 0 Å². The second kappa shape index (κ2) is 6.32. The lowest BCUT2D eigenvalue weighted by atomic mass is 9.93. The maximum atomic E-state index is 12.3. The first-order valence-electron chi connectivity index (χ1n) is 5.84. The summed E-state index contributed by atoms with van der Waals surface area (Å²) in [5.41, 5.74) is 1.26. The molecule has 0 bridgehead atoms. The average molecular weight is 253 g/mol. The van der Waals surface area contributed by atoms with Gasteiger partial charge in [-0.3, -0.25) is 4.79 Å². The van der Waals surface area contributed by atoms with Gasteiger partial charge in [0.15, 0.2) is 5.78 Å². The van der Waals surface area contributed by atoms with Gasteiger partial charge in [-0.25, -0.2) is 4.79 Å². The monoisotopic (exact) mass is 253 g/mol. The van der Waals surface area contributed by atoms with E-state index >= 15 is 0 Å². The summed E-state index contributed by atoms with van der Waals surface area (Å²) in [5.74, 6) is 0.129. The fourth-order valence-corrected chi connectivity index (χ4v) is 1.76. The van der Waals surface area contributed by atoms with Crippen molar-refractivity contribution >= 4 is 17.8 Å². The molecular weight excluding hydrogens is 240 g/mol. The maximum absolute atomic E-state index is 12.3. The predicted molar refractivity (Wildman–Crippen MR) is 72.3 cm³/mol. The van der Waals surface area contributed by atoms with Gasteiger partial charge in [-0.1, -0.05) is 24.3 Å². The number of rotatable bonds is 4. The Morgan fingerprint density at radius 2 is 1.79 bits per heavy atom. The second-order valence-corrected chi connectivity index (χ2v) is 3.95. The molecule has 0 N–H and O–H groups in total. The molecule has 1 aliphatic rings. The molecule has 0 aromatic heterocycles. The highest BCUT2D eigenvalue weighted by Gasteiger charge is 2.26. The fourth-order valence-electron chi connectivity index (χ4n) is 1.76. The lowest BCUT2D eigenvalue weighted by molar-refractivity contribution is -0.134. The van der Waals surface area contributed by atoms with Crippen molar-refractivity contribution in [1.29, 1.82) is 0 Å². The van der Waals surface area contributed by atoms with Crippen LogP contribution in [0.3, 0.4) is 0 Å². The van der Waals surface area contributed by atoms with Gasteiger partial charge in [0.1, 0.15) is 0 Å². The van der Waals surface area contributed by atoms with Crippen LogP contribution < -0.4 is 0 Å². The summed E-state index contributed by atoms with van der Waals surface area (Å²) in [4.78, 5) is 23.4. The number of benzene rings is 1. The predicted octanol–water partition coefficient (Wildman–Crippen LogP) is 2.46. The van der Waals surface area contributed by atoms with Crippen molar-refractivity contribution < 1.29 is 14.3 Å². The number of hydrogen-bond donors (Lipinski definition) is 0. The van der Waals surface area contributed by atoms with Crippen molar-refractivity contribution in [2.75, 3.05) is 7.11 Å². The first-order valence-corrected chi connectivity index (χ1v) is 5.84. The van der Waals surface area contributed by atoms with Crippen molar-refractivity contribution in [3.05, 3.63) is 73.1 Å². The number of ketones is 1. The lowest BCUT2D eigenvalue weighted by Gasteiger charge is -2.09. The zero-order valence-electron chi connectivity index (χ0n) is 10.5. The molecule has 5 radical (unpaired) electrons. The number of carbonyl (C=O) groups is 2. The standard InChI is InChI=1S/C16H13O3/c1-19-15(17)11-10-12-6-4-5-9-14(12)16(18)13-7-2-3-8-13/h2-11H,1H3/b11-10+. The Bertz CT molecular complexity index is 496. The molecule has 0 heterocycles. The van der Waals surface area contributed by atoms with E-state index in [1.165, 1.54) is 13.2 Å². The van der Waals surface area contributed by atoms with Gasteiger partial charge < -0.3 is 4.74 Å². The molecule has 19 heavy (non-hydrogen) atoms. The Hall–Kier alpha value is -1.90. The van der Waals surface area contributed by atoms with Crippen LogP contribution in [-0.4, -0.2) is 18.9 Å². The van der Waals surface area contributed by atoms with E-state index in [1.54, 1.807) is 37.1 Å². The molecule has 0 atom stereocenters. The van der Waals surface area contributed by atoms with Crippen LogP contribution in [0.2, 0.25) is 0 Å². The smallest absolute Gasteiger partial charge is 0.330 e. The first kappa shape index (κ1) is 13.5. The molecule has 0 spiro atoms. The third-order valence-corrected chi connectivity index (χ3v) is 2.73. The van der Waals surface area contributed by atoms with E-state index < -0.39 is 5.97 Å². The molecule has 0 saturated heterocycles. The van der Waals surface area contributed by atoms with Gasteiger partial charge in [-0.05, 0) is 37.3 Å². The number of ether oxygens (including phenoxy) is 1. The Morgan fingerprint density at radius 3 is 2.47 bits per heavy atom. The van der Waals surface area contributed by atoms with Crippen LogP contribution in [0.4, 0.5) is 0 Å². The Labute approximate surface area is 113 Å². The molecule has 0 unspecified atom stereocenters. The van der Waals surface area contributed by atoms with Crippen molar-refractivity contribution in [3.63, 3.8) is 0 Å². The van der Waals surface area contributed by atoms with E-state index in [1.807, 2.05) is 18.9 Å². The first-order chi connectivity index (χ1) is 9.22. The van der Waals surface area contributed by atoms with E-state index in [2.05, 4.69) is 4.74 Å². The fraction of sp³-hybridized carbons (Fsp3) is 0.0625. The molecule has 1 saturated carbocycles. The summed E-state index contributed by atoms with van der Waals surface area (Å²) in [7, 11) is 1.31. The highest BCUT2D eigenvalue weighted by molar-refractivity contribution is 6.12. The second-order valence-electron chi connectivity index (χ2n) is 3.95. The number of hydrogen-bond acceptors (Lipinski definition) is 3. The van der Waals surface area contributed by atoms with Crippen molar-refractivity contribution in [2.24, 2.45) is 0 Å². The summed E-state index contributed by atoms with van der Waals surface area (Å²) < 4.78 is 4.53. The van der Waals surface area contributed by atoms with E-state index in [0.29, 0.717) is 17.0 Å². The molecule has 0 aliphatic heterocycles. The minimum absolute atomic E-state index is 0.0601.